The number of rotatable bonds is 11. The van der Waals surface area contributed by atoms with Gasteiger partial charge in [-0.15, -0.1) is 0 Å². The molecule has 184 valence electrons. The van der Waals surface area contributed by atoms with Gasteiger partial charge in [-0.3, -0.25) is 9.59 Å². The van der Waals surface area contributed by atoms with Gasteiger partial charge in [-0.05, 0) is 42.2 Å². The van der Waals surface area contributed by atoms with E-state index >= 15 is 0 Å². The van der Waals surface area contributed by atoms with Gasteiger partial charge in [0.2, 0.25) is 5.91 Å². The molecule has 0 saturated heterocycles. The fraction of sp³-hybridized carbons (Fsp3) is 0.310. The Balaban J connectivity index is 1.91. The summed E-state index contributed by atoms with van der Waals surface area (Å²) in [6.07, 6.45) is 0.301. The molecule has 0 radical (unpaired) electrons. The first-order valence-corrected chi connectivity index (χ1v) is 11.9. The Kier molecular flexibility index (Phi) is 9.41. The minimum Gasteiger partial charge on any atom is -0.484 e. The zero-order chi connectivity index (χ0) is 25.2. The summed E-state index contributed by atoms with van der Waals surface area (Å²) in [5, 5.41) is 2.95. The highest BCUT2D eigenvalue weighted by molar-refractivity contribution is 5.88. The summed E-state index contributed by atoms with van der Waals surface area (Å²) in [5.74, 6) is -0.283. The van der Waals surface area contributed by atoms with Gasteiger partial charge in [0.15, 0.2) is 6.61 Å². The van der Waals surface area contributed by atoms with Crippen LogP contribution in [0.2, 0.25) is 0 Å². The van der Waals surface area contributed by atoms with Crippen LogP contribution in [0, 0.1) is 18.7 Å². The first kappa shape index (κ1) is 25.9. The molecule has 0 heterocycles. The van der Waals surface area contributed by atoms with Gasteiger partial charge in [0.25, 0.3) is 5.91 Å². The largest absolute Gasteiger partial charge is 0.484 e. The second kappa shape index (κ2) is 12.7. The van der Waals surface area contributed by atoms with Crippen molar-refractivity contribution in [2.24, 2.45) is 5.92 Å². The molecular formula is C29H33FN2O3. The maximum atomic E-state index is 14.6. The normalized spacial score (nSPS) is 11.7. The van der Waals surface area contributed by atoms with Crippen LogP contribution in [0.15, 0.2) is 78.9 Å². The highest BCUT2D eigenvalue weighted by Crippen LogP contribution is 2.18. The van der Waals surface area contributed by atoms with E-state index in [1.54, 1.807) is 24.3 Å². The average molecular weight is 477 g/mol. The molecule has 3 aromatic rings. The summed E-state index contributed by atoms with van der Waals surface area (Å²) in [7, 11) is 0. The topological polar surface area (TPSA) is 58.6 Å². The molecule has 0 bridgehead atoms. The number of benzene rings is 3. The van der Waals surface area contributed by atoms with Crippen molar-refractivity contribution < 1.29 is 18.7 Å². The summed E-state index contributed by atoms with van der Waals surface area (Å²) in [6, 6.07) is 22.4. The Bertz CT molecular complexity index is 1120. The molecule has 0 saturated carbocycles. The number of nitrogens with one attached hydrogen (secondary N) is 1. The molecule has 3 aromatic carbocycles. The van der Waals surface area contributed by atoms with E-state index in [2.05, 4.69) is 5.32 Å². The zero-order valence-corrected chi connectivity index (χ0v) is 20.5. The zero-order valence-electron chi connectivity index (χ0n) is 20.5. The standard InChI is InChI=1S/C29H33FN2O3/c1-21(2)18-31-29(34)27(17-23-11-5-4-6-12-23)32(19-24-13-7-8-15-26(24)30)28(33)20-35-25-14-9-10-22(3)16-25/h4-16,21,27H,17-20H2,1-3H3,(H,31,34). The first-order chi connectivity index (χ1) is 16.8. The molecule has 1 N–H and O–H groups in total. The Morgan fingerprint density at radius 1 is 0.971 bits per heavy atom. The van der Waals surface area contributed by atoms with Crippen molar-refractivity contribution in [3.63, 3.8) is 0 Å². The van der Waals surface area contributed by atoms with Crippen LogP contribution in [-0.2, 0) is 22.6 Å². The van der Waals surface area contributed by atoms with Crippen molar-refractivity contribution in [2.75, 3.05) is 13.2 Å². The molecule has 0 aliphatic rings. The number of aryl methyl sites for hydroxylation is 1. The minimum atomic E-state index is -0.829. The third-order valence-corrected chi connectivity index (χ3v) is 5.61. The summed E-state index contributed by atoms with van der Waals surface area (Å²) in [6.45, 7) is 6.12. The molecule has 1 unspecified atom stereocenters. The van der Waals surface area contributed by atoms with E-state index in [9.17, 15) is 14.0 Å². The number of hydrogen-bond donors (Lipinski definition) is 1. The first-order valence-electron chi connectivity index (χ1n) is 11.9. The van der Waals surface area contributed by atoms with E-state index in [4.69, 9.17) is 4.74 Å². The quantitative estimate of drug-likeness (QED) is 0.427. The van der Waals surface area contributed by atoms with Gasteiger partial charge < -0.3 is 15.0 Å². The summed E-state index contributed by atoms with van der Waals surface area (Å²) in [4.78, 5) is 28.3. The molecule has 2 amide bonds. The third kappa shape index (κ3) is 7.95. The number of carbonyl (C=O) groups excluding carboxylic acids is 2. The van der Waals surface area contributed by atoms with Crippen LogP contribution in [-0.4, -0.2) is 35.9 Å². The van der Waals surface area contributed by atoms with Crippen molar-refractivity contribution in [3.8, 4) is 5.75 Å². The van der Waals surface area contributed by atoms with Crippen molar-refractivity contribution in [1.29, 1.82) is 0 Å². The number of amides is 2. The summed E-state index contributed by atoms with van der Waals surface area (Å²) in [5.41, 5.74) is 2.25. The predicted octanol–water partition coefficient (Wildman–Crippen LogP) is 4.93. The molecular weight excluding hydrogens is 443 g/mol. The van der Waals surface area contributed by atoms with Gasteiger partial charge in [-0.25, -0.2) is 4.39 Å². The van der Waals surface area contributed by atoms with Crippen LogP contribution in [0.3, 0.4) is 0 Å². The lowest BCUT2D eigenvalue weighted by atomic mass is 10.0. The number of nitrogens with zero attached hydrogens (tertiary/aromatic N) is 1. The van der Waals surface area contributed by atoms with Crippen LogP contribution >= 0.6 is 0 Å². The van der Waals surface area contributed by atoms with Gasteiger partial charge >= 0.3 is 0 Å². The van der Waals surface area contributed by atoms with Crippen molar-refractivity contribution in [2.45, 2.75) is 39.8 Å². The maximum Gasteiger partial charge on any atom is 0.261 e. The van der Waals surface area contributed by atoms with Gasteiger partial charge in [0.1, 0.15) is 17.6 Å². The molecule has 0 aliphatic carbocycles. The van der Waals surface area contributed by atoms with Gasteiger partial charge in [0, 0.05) is 25.1 Å². The lowest BCUT2D eigenvalue weighted by molar-refractivity contribution is -0.142. The lowest BCUT2D eigenvalue weighted by Crippen LogP contribution is -2.52. The Morgan fingerprint density at radius 3 is 2.37 bits per heavy atom. The number of ether oxygens (including phenoxy) is 1. The van der Waals surface area contributed by atoms with Crippen molar-refractivity contribution in [3.05, 3.63) is 101 Å². The summed E-state index contributed by atoms with van der Waals surface area (Å²) < 4.78 is 20.3. The number of halogens is 1. The Labute approximate surface area is 206 Å². The molecule has 6 heteroatoms. The van der Waals surface area contributed by atoms with Crippen molar-refractivity contribution >= 4 is 11.8 Å². The smallest absolute Gasteiger partial charge is 0.261 e. The van der Waals surface area contributed by atoms with E-state index in [1.165, 1.54) is 11.0 Å². The predicted molar refractivity (Wildman–Crippen MR) is 135 cm³/mol. The summed E-state index contributed by atoms with van der Waals surface area (Å²) >= 11 is 0. The minimum absolute atomic E-state index is 0.0463. The third-order valence-electron chi connectivity index (χ3n) is 5.61. The van der Waals surface area contributed by atoms with E-state index in [0.717, 1.165) is 11.1 Å². The second-order valence-electron chi connectivity index (χ2n) is 9.06. The molecule has 0 aliphatic heterocycles. The average Bonchev–Trinajstić information content (AvgIpc) is 2.85. The van der Waals surface area contributed by atoms with E-state index < -0.39 is 17.8 Å². The van der Waals surface area contributed by atoms with Crippen LogP contribution in [0.1, 0.15) is 30.5 Å². The van der Waals surface area contributed by atoms with Crippen LogP contribution < -0.4 is 10.1 Å². The van der Waals surface area contributed by atoms with Gasteiger partial charge in [-0.2, -0.15) is 0 Å². The highest BCUT2D eigenvalue weighted by atomic mass is 19.1. The molecule has 3 rings (SSSR count). The molecule has 0 aromatic heterocycles. The van der Waals surface area contributed by atoms with E-state index in [-0.39, 0.29) is 25.0 Å². The van der Waals surface area contributed by atoms with Crippen molar-refractivity contribution in [1.82, 2.24) is 10.2 Å². The number of carbonyl (C=O) groups is 2. The molecule has 1 atom stereocenters. The van der Waals surface area contributed by atoms with E-state index in [1.807, 2.05) is 69.3 Å². The molecule has 5 nitrogen and oxygen atoms in total. The second-order valence-corrected chi connectivity index (χ2v) is 9.06. The fourth-order valence-electron chi connectivity index (χ4n) is 3.72. The molecule has 0 fully saturated rings. The molecule has 35 heavy (non-hydrogen) atoms. The highest BCUT2D eigenvalue weighted by Gasteiger charge is 2.31. The maximum absolute atomic E-state index is 14.6. The Morgan fingerprint density at radius 2 is 1.69 bits per heavy atom. The fourth-order valence-corrected chi connectivity index (χ4v) is 3.72. The van der Waals surface area contributed by atoms with Gasteiger partial charge in [0.05, 0.1) is 0 Å². The molecule has 0 spiro atoms. The number of hydrogen-bond acceptors (Lipinski definition) is 3. The van der Waals surface area contributed by atoms with Gasteiger partial charge in [-0.1, -0.05) is 74.5 Å². The van der Waals surface area contributed by atoms with Crippen LogP contribution in [0.5, 0.6) is 5.75 Å². The SMILES string of the molecule is Cc1cccc(OCC(=O)N(Cc2ccccc2F)C(Cc2ccccc2)C(=O)NCC(C)C)c1. The van der Waals surface area contributed by atoms with Crippen LogP contribution in [0.25, 0.3) is 0 Å². The monoisotopic (exact) mass is 476 g/mol. The lowest BCUT2D eigenvalue weighted by Gasteiger charge is -2.31. The van der Waals surface area contributed by atoms with Crippen LogP contribution in [0.4, 0.5) is 4.39 Å². The Hall–Kier alpha value is -3.67. The van der Waals surface area contributed by atoms with E-state index in [0.29, 0.717) is 24.3 Å².